The number of piperazine rings is 1. The van der Waals surface area contributed by atoms with Gasteiger partial charge in [-0.3, -0.25) is 4.79 Å². The summed E-state index contributed by atoms with van der Waals surface area (Å²) in [5.74, 6) is 2.34. The van der Waals surface area contributed by atoms with Crippen molar-refractivity contribution in [2.45, 2.75) is 12.8 Å². The normalized spacial score (nSPS) is 17.2. The number of methoxy groups -OCH3 is 1. The van der Waals surface area contributed by atoms with Crippen LogP contribution in [0.3, 0.4) is 0 Å². The van der Waals surface area contributed by atoms with Crippen LogP contribution in [0.2, 0.25) is 0 Å². The fourth-order valence-electron chi connectivity index (χ4n) is 3.64. The van der Waals surface area contributed by atoms with Gasteiger partial charge in [0.25, 0.3) is 0 Å². The summed E-state index contributed by atoms with van der Waals surface area (Å²) in [5.41, 5.74) is 2.75. The summed E-state index contributed by atoms with van der Waals surface area (Å²) in [7, 11) is 1.66. The number of ether oxygens (including phenoxy) is 1. The second-order valence-corrected chi connectivity index (χ2v) is 7.99. The predicted molar refractivity (Wildman–Crippen MR) is 109 cm³/mol. The molecule has 7 nitrogen and oxygen atoms in total. The molecule has 0 spiro atoms. The number of nitrogens with zero attached hydrogens (tertiary/aromatic N) is 5. The first-order chi connectivity index (χ1) is 13.7. The first-order valence-electron chi connectivity index (χ1n) is 9.53. The first kappa shape index (κ1) is 17.4. The molecule has 0 unspecified atom stereocenters. The molecule has 0 radical (unpaired) electrons. The van der Waals surface area contributed by atoms with E-state index >= 15 is 0 Å². The van der Waals surface area contributed by atoms with Crippen LogP contribution >= 0.6 is 11.5 Å². The first-order valence-corrected chi connectivity index (χ1v) is 10.3. The Labute approximate surface area is 167 Å². The van der Waals surface area contributed by atoms with Crippen LogP contribution in [-0.4, -0.2) is 58.4 Å². The van der Waals surface area contributed by atoms with E-state index in [-0.39, 0.29) is 5.92 Å². The molecule has 0 atom stereocenters. The van der Waals surface area contributed by atoms with E-state index in [2.05, 4.69) is 19.2 Å². The van der Waals surface area contributed by atoms with E-state index in [0.29, 0.717) is 5.91 Å². The Morgan fingerprint density at radius 3 is 2.54 bits per heavy atom. The summed E-state index contributed by atoms with van der Waals surface area (Å²) in [6, 6.07) is 7.85. The van der Waals surface area contributed by atoms with Crippen molar-refractivity contribution in [3.05, 3.63) is 30.6 Å². The number of hydrogen-bond donors (Lipinski definition) is 0. The molecule has 5 rings (SSSR count). The number of aromatic nitrogens is 3. The molecule has 1 aromatic carbocycles. The van der Waals surface area contributed by atoms with Gasteiger partial charge >= 0.3 is 0 Å². The topological polar surface area (TPSA) is 71.5 Å². The average Bonchev–Trinajstić information content (AvgIpc) is 3.52. The van der Waals surface area contributed by atoms with Crippen molar-refractivity contribution in [2.75, 3.05) is 38.2 Å². The molecule has 3 heterocycles. The van der Waals surface area contributed by atoms with Gasteiger partial charge in [-0.15, -0.1) is 0 Å². The van der Waals surface area contributed by atoms with Crippen molar-refractivity contribution in [1.82, 2.24) is 19.2 Å². The van der Waals surface area contributed by atoms with E-state index in [9.17, 15) is 4.79 Å². The molecule has 8 heteroatoms. The van der Waals surface area contributed by atoms with E-state index in [4.69, 9.17) is 4.74 Å². The molecule has 1 saturated heterocycles. The highest BCUT2D eigenvalue weighted by Gasteiger charge is 2.35. The molecule has 1 aliphatic carbocycles. The van der Waals surface area contributed by atoms with Gasteiger partial charge < -0.3 is 14.5 Å². The molecule has 2 aromatic heterocycles. The third-order valence-electron chi connectivity index (χ3n) is 5.42. The molecule has 3 aromatic rings. The van der Waals surface area contributed by atoms with Crippen molar-refractivity contribution < 1.29 is 9.53 Å². The minimum absolute atomic E-state index is 0.283. The molecular weight excluding hydrogens is 374 g/mol. The smallest absolute Gasteiger partial charge is 0.225 e. The summed E-state index contributed by atoms with van der Waals surface area (Å²) in [4.78, 5) is 25.6. The minimum Gasteiger partial charge on any atom is -0.497 e. The number of carbonyl (C=O) groups is 1. The van der Waals surface area contributed by atoms with Crippen LogP contribution in [0.1, 0.15) is 12.8 Å². The monoisotopic (exact) mass is 395 g/mol. The number of anilines is 1. The molecular formula is C20H21N5O2S. The van der Waals surface area contributed by atoms with Crippen molar-refractivity contribution in [1.29, 1.82) is 0 Å². The van der Waals surface area contributed by atoms with Gasteiger partial charge in [0, 0.05) is 37.7 Å². The lowest BCUT2D eigenvalue weighted by molar-refractivity contribution is -0.132. The Kier molecular flexibility index (Phi) is 4.35. The van der Waals surface area contributed by atoms with Crippen LogP contribution in [0, 0.1) is 5.92 Å². The molecule has 1 aliphatic heterocycles. The molecule has 1 saturated carbocycles. The third-order valence-corrected chi connectivity index (χ3v) is 6.25. The zero-order valence-corrected chi connectivity index (χ0v) is 16.5. The minimum atomic E-state index is 0.283. The summed E-state index contributed by atoms with van der Waals surface area (Å²) < 4.78 is 10.9. The van der Waals surface area contributed by atoms with Crippen LogP contribution in [0.25, 0.3) is 21.5 Å². The number of benzene rings is 1. The average molecular weight is 395 g/mol. The lowest BCUT2D eigenvalue weighted by Gasteiger charge is -2.35. The molecule has 2 aliphatic rings. The van der Waals surface area contributed by atoms with Gasteiger partial charge in [0.05, 0.1) is 7.11 Å². The van der Waals surface area contributed by atoms with Crippen LogP contribution in [0.4, 0.5) is 5.82 Å². The highest BCUT2D eigenvalue weighted by Crippen LogP contribution is 2.35. The van der Waals surface area contributed by atoms with Gasteiger partial charge in [0.2, 0.25) is 5.91 Å². The lowest BCUT2D eigenvalue weighted by atomic mass is 10.1. The maximum atomic E-state index is 12.3. The summed E-state index contributed by atoms with van der Waals surface area (Å²) in [6.45, 7) is 3.09. The maximum Gasteiger partial charge on any atom is 0.225 e. The predicted octanol–water partition coefficient (Wildman–Crippen LogP) is 2.82. The van der Waals surface area contributed by atoms with Gasteiger partial charge in [-0.1, -0.05) is 0 Å². The maximum absolute atomic E-state index is 12.3. The standard InChI is InChI=1S/C20H21N5O2S/c1-27-15-6-4-13(5-7-15)16-17-18(28-23-16)19(22-12-21-17)24-8-10-25(11-9-24)20(26)14-2-3-14/h4-7,12,14H,2-3,8-11H2,1H3. The second-order valence-electron chi connectivity index (χ2n) is 7.22. The largest absolute Gasteiger partial charge is 0.497 e. The van der Waals surface area contributed by atoms with Gasteiger partial charge in [-0.25, -0.2) is 9.97 Å². The Morgan fingerprint density at radius 1 is 1.11 bits per heavy atom. The van der Waals surface area contributed by atoms with Crippen molar-refractivity contribution in [2.24, 2.45) is 5.92 Å². The van der Waals surface area contributed by atoms with Gasteiger partial charge in [-0.05, 0) is 48.6 Å². The van der Waals surface area contributed by atoms with Gasteiger partial charge in [-0.2, -0.15) is 4.37 Å². The van der Waals surface area contributed by atoms with E-state index in [1.54, 1.807) is 13.4 Å². The van der Waals surface area contributed by atoms with Crippen LogP contribution in [-0.2, 0) is 4.79 Å². The van der Waals surface area contributed by atoms with Crippen LogP contribution in [0.5, 0.6) is 5.75 Å². The van der Waals surface area contributed by atoms with Gasteiger partial charge in [0.1, 0.15) is 28.0 Å². The molecule has 0 N–H and O–H groups in total. The van der Waals surface area contributed by atoms with Crippen LogP contribution in [0.15, 0.2) is 30.6 Å². The summed E-state index contributed by atoms with van der Waals surface area (Å²) in [6.07, 6.45) is 3.72. The van der Waals surface area contributed by atoms with Gasteiger partial charge in [0.15, 0.2) is 5.82 Å². The molecule has 0 bridgehead atoms. The highest BCUT2D eigenvalue weighted by atomic mass is 32.1. The number of amides is 1. The number of rotatable bonds is 4. The molecule has 2 fully saturated rings. The van der Waals surface area contributed by atoms with Crippen molar-refractivity contribution in [3.8, 4) is 17.0 Å². The van der Waals surface area contributed by atoms with Crippen LogP contribution < -0.4 is 9.64 Å². The molecule has 144 valence electrons. The van der Waals surface area contributed by atoms with E-state index in [1.807, 2.05) is 29.2 Å². The Morgan fingerprint density at radius 2 is 1.86 bits per heavy atom. The quantitative estimate of drug-likeness (QED) is 0.677. The number of hydrogen-bond acceptors (Lipinski definition) is 7. The van der Waals surface area contributed by atoms with Crippen molar-refractivity contribution in [3.63, 3.8) is 0 Å². The Hall–Kier alpha value is -2.74. The van der Waals surface area contributed by atoms with E-state index in [0.717, 1.165) is 72.1 Å². The lowest BCUT2D eigenvalue weighted by Crippen LogP contribution is -2.49. The fourth-order valence-corrected chi connectivity index (χ4v) is 4.52. The Balaban J connectivity index is 1.40. The van der Waals surface area contributed by atoms with E-state index in [1.165, 1.54) is 11.5 Å². The summed E-state index contributed by atoms with van der Waals surface area (Å²) >= 11 is 1.43. The fraction of sp³-hybridized carbons (Fsp3) is 0.400. The highest BCUT2D eigenvalue weighted by molar-refractivity contribution is 7.14. The summed E-state index contributed by atoms with van der Waals surface area (Å²) in [5, 5.41) is 0. The molecule has 1 amide bonds. The molecule has 28 heavy (non-hydrogen) atoms. The number of fused-ring (bicyclic) bond motifs is 1. The zero-order chi connectivity index (χ0) is 19.1. The Bertz CT molecular complexity index is 1010. The second kappa shape index (κ2) is 7.01. The van der Waals surface area contributed by atoms with Crippen molar-refractivity contribution >= 4 is 33.5 Å². The third kappa shape index (κ3) is 3.07. The van der Waals surface area contributed by atoms with E-state index < -0.39 is 0 Å². The number of carbonyl (C=O) groups excluding carboxylic acids is 1. The zero-order valence-electron chi connectivity index (χ0n) is 15.7. The SMILES string of the molecule is COc1ccc(-c2nsc3c(N4CCN(C(=O)C5CC5)CC4)ncnc23)cc1.